The zero-order valence-electron chi connectivity index (χ0n) is 11.2. The van der Waals surface area contributed by atoms with Crippen molar-refractivity contribution in [3.63, 3.8) is 0 Å². The molecule has 4 heteroatoms. The fourth-order valence-electron chi connectivity index (χ4n) is 2.47. The van der Waals surface area contributed by atoms with Crippen molar-refractivity contribution in [1.29, 1.82) is 0 Å². The summed E-state index contributed by atoms with van der Waals surface area (Å²) in [4.78, 5) is 6.55. The SMILES string of the molecule is Clc1ccc(C2CN(Cc3ccccc3)CCO2)cn1. The van der Waals surface area contributed by atoms with Crippen LogP contribution in [-0.4, -0.2) is 29.6 Å². The van der Waals surface area contributed by atoms with E-state index >= 15 is 0 Å². The van der Waals surface area contributed by atoms with Crippen LogP contribution < -0.4 is 0 Å². The van der Waals surface area contributed by atoms with Crippen molar-refractivity contribution in [1.82, 2.24) is 9.88 Å². The van der Waals surface area contributed by atoms with E-state index in [9.17, 15) is 0 Å². The van der Waals surface area contributed by atoms with Gasteiger partial charge in [-0.05, 0) is 11.6 Å². The van der Waals surface area contributed by atoms with Crippen LogP contribution in [0.25, 0.3) is 0 Å². The lowest BCUT2D eigenvalue weighted by molar-refractivity contribution is -0.0330. The molecule has 0 radical (unpaired) electrons. The molecule has 1 atom stereocenters. The average Bonchev–Trinajstić information content (AvgIpc) is 2.49. The van der Waals surface area contributed by atoms with Gasteiger partial charge in [-0.3, -0.25) is 4.90 Å². The summed E-state index contributed by atoms with van der Waals surface area (Å²) >= 11 is 5.82. The molecule has 104 valence electrons. The quantitative estimate of drug-likeness (QED) is 0.810. The van der Waals surface area contributed by atoms with Crippen molar-refractivity contribution in [2.75, 3.05) is 19.7 Å². The molecule has 1 aliphatic heterocycles. The highest BCUT2D eigenvalue weighted by molar-refractivity contribution is 6.29. The first-order valence-electron chi connectivity index (χ1n) is 6.80. The molecule has 3 rings (SSSR count). The second-order valence-corrected chi connectivity index (χ2v) is 5.38. The van der Waals surface area contributed by atoms with Gasteiger partial charge < -0.3 is 4.74 Å². The maximum Gasteiger partial charge on any atom is 0.129 e. The van der Waals surface area contributed by atoms with E-state index in [1.165, 1.54) is 5.56 Å². The Morgan fingerprint density at radius 2 is 2.05 bits per heavy atom. The molecule has 0 saturated carbocycles. The van der Waals surface area contributed by atoms with E-state index in [1.807, 2.05) is 18.2 Å². The van der Waals surface area contributed by atoms with Gasteiger partial charge >= 0.3 is 0 Å². The first-order chi connectivity index (χ1) is 9.81. The van der Waals surface area contributed by atoms with Crippen LogP contribution in [0.15, 0.2) is 48.7 Å². The Morgan fingerprint density at radius 3 is 2.80 bits per heavy atom. The Morgan fingerprint density at radius 1 is 1.20 bits per heavy atom. The summed E-state index contributed by atoms with van der Waals surface area (Å²) < 4.78 is 5.85. The monoisotopic (exact) mass is 288 g/mol. The van der Waals surface area contributed by atoms with Crippen LogP contribution in [0, 0.1) is 0 Å². The summed E-state index contributed by atoms with van der Waals surface area (Å²) in [7, 11) is 0. The van der Waals surface area contributed by atoms with E-state index in [0.717, 1.165) is 31.8 Å². The molecule has 1 saturated heterocycles. The number of halogens is 1. The minimum absolute atomic E-state index is 0.0808. The predicted molar refractivity (Wildman–Crippen MR) is 79.7 cm³/mol. The van der Waals surface area contributed by atoms with E-state index in [2.05, 4.69) is 34.1 Å². The summed E-state index contributed by atoms with van der Waals surface area (Å²) in [6.07, 6.45) is 1.89. The number of hydrogen-bond acceptors (Lipinski definition) is 3. The number of hydrogen-bond donors (Lipinski definition) is 0. The fourth-order valence-corrected chi connectivity index (χ4v) is 2.58. The number of morpholine rings is 1. The lowest BCUT2D eigenvalue weighted by Crippen LogP contribution is -2.37. The van der Waals surface area contributed by atoms with Crippen molar-refractivity contribution in [3.05, 3.63) is 64.9 Å². The minimum Gasteiger partial charge on any atom is -0.371 e. The maximum atomic E-state index is 5.85. The van der Waals surface area contributed by atoms with Crippen LogP contribution >= 0.6 is 11.6 Å². The molecular formula is C16H17ClN2O. The van der Waals surface area contributed by atoms with Gasteiger partial charge in [0.25, 0.3) is 0 Å². The Hall–Kier alpha value is -1.42. The van der Waals surface area contributed by atoms with Crippen molar-refractivity contribution in [3.8, 4) is 0 Å². The molecule has 0 amide bonds. The van der Waals surface area contributed by atoms with Gasteiger partial charge in [0.15, 0.2) is 0 Å². The zero-order valence-corrected chi connectivity index (χ0v) is 12.0. The third kappa shape index (κ3) is 3.37. The first kappa shape index (κ1) is 13.6. The number of aromatic nitrogens is 1. The maximum absolute atomic E-state index is 5.85. The standard InChI is InChI=1S/C16H17ClN2O/c17-16-7-6-14(10-18-16)15-12-19(8-9-20-15)11-13-4-2-1-3-5-13/h1-7,10,15H,8-9,11-12H2. The van der Waals surface area contributed by atoms with Crippen molar-refractivity contribution in [2.24, 2.45) is 0 Å². The smallest absolute Gasteiger partial charge is 0.129 e. The molecule has 2 heterocycles. The number of benzene rings is 1. The predicted octanol–water partition coefficient (Wildman–Crippen LogP) is 3.31. The van der Waals surface area contributed by atoms with E-state index < -0.39 is 0 Å². The van der Waals surface area contributed by atoms with Gasteiger partial charge in [-0.2, -0.15) is 0 Å². The molecular weight excluding hydrogens is 272 g/mol. The summed E-state index contributed by atoms with van der Waals surface area (Å²) in [5.41, 5.74) is 2.43. The summed E-state index contributed by atoms with van der Waals surface area (Å²) in [6, 6.07) is 14.3. The van der Waals surface area contributed by atoms with Gasteiger partial charge in [-0.25, -0.2) is 4.98 Å². The molecule has 0 spiro atoms. The molecule has 0 N–H and O–H groups in total. The van der Waals surface area contributed by atoms with E-state index in [0.29, 0.717) is 5.15 Å². The Bertz CT molecular complexity index is 544. The van der Waals surface area contributed by atoms with Gasteiger partial charge in [0, 0.05) is 31.4 Å². The second-order valence-electron chi connectivity index (χ2n) is 4.99. The van der Waals surface area contributed by atoms with Crippen LogP contribution in [0.1, 0.15) is 17.2 Å². The molecule has 0 bridgehead atoms. The number of ether oxygens (including phenoxy) is 1. The van der Waals surface area contributed by atoms with E-state index in [-0.39, 0.29) is 6.10 Å². The van der Waals surface area contributed by atoms with Crippen LogP contribution in [0.4, 0.5) is 0 Å². The first-order valence-corrected chi connectivity index (χ1v) is 7.18. The van der Waals surface area contributed by atoms with Gasteiger partial charge in [-0.1, -0.05) is 48.0 Å². The molecule has 1 aromatic heterocycles. The topological polar surface area (TPSA) is 25.4 Å². The van der Waals surface area contributed by atoms with Crippen molar-refractivity contribution in [2.45, 2.75) is 12.6 Å². The van der Waals surface area contributed by atoms with Crippen molar-refractivity contribution < 1.29 is 4.74 Å². The summed E-state index contributed by atoms with van der Waals surface area (Å²) in [5.74, 6) is 0. The summed E-state index contributed by atoms with van der Waals surface area (Å²) in [6.45, 7) is 3.56. The Balaban J connectivity index is 1.66. The van der Waals surface area contributed by atoms with Crippen LogP contribution in [-0.2, 0) is 11.3 Å². The molecule has 2 aromatic rings. The van der Waals surface area contributed by atoms with Crippen LogP contribution in [0.5, 0.6) is 0 Å². The van der Waals surface area contributed by atoms with Gasteiger partial charge in [0.05, 0.1) is 12.7 Å². The third-order valence-electron chi connectivity index (χ3n) is 3.52. The molecule has 1 aliphatic rings. The normalized spacial score (nSPS) is 19.9. The molecule has 20 heavy (non-hydrogen) atoms. The van der Waals surface area contributed by atoms with E-state index in [4.69, 9.17) is 16.3 Å². The van der Waals surface area contributed by atoms with Crippen LogP contribution in [0.3, 0.4) is 0 Å². The highest BCUT2D eigenvalue weighted by atomic mass is 35.5. The largest absolute Gasteiger partial charge is 0.371 e. The molecule has 0 aliphatic carbocycles. The molecule has 1 aromatic carbocycles. The number of rotatable bonds is 3. The Labute approximate surface area is 124 Å². The molecule has 3 nitrogen and oxygen atoms in total. The van der Waals surface area contributed by atoms with Crippen molar-refractivity contribution >= 4 is 11.6 Å². The van der Waals surface area contributed by atoms with Gasteiger partial charge in [0.2, 0.25) is 0 Å². The van der Waals surface area contributed by atoms with Gasteiger partial charge in [0.1, 0.15) is 5.15 Å². The third-order valence-corrected chi connectivity index (χ3v) is 3.75. The molecule has 1 unspecified atom stereocenters. The van der Waals surface area contributed by atoms with Gasteiger partial charge in [-0.15, -0.1) is 0 Å². The zero-order chi connectivity index (χ0) is 13.8. The molecule has 1 fully saturated rings. The number of nitrogens with zero attached hydrogens (tertiary/aromatic N) is 2. The summed E-state index contributed by atoms with van der Waals surface area (Å²) in [5, 5.41) is 0.519. The minimum atomic E-state index is 0.0808. The average molecular weight is 289 g/mol. The number of pyridine rings is 1. The lowest BCUT2D eigenvalue weighted by Gasteiger charge is -2.33. The highest BCUT2D eigenvalue weighted by Gasteiger charge is 2.22. The fraction of sp³-hybridized carbons (Fsp3) is 0.312. The highest BCUT2D eigenvalue weighted by Crippen LogP contribution is 2.23. The Kier molecular flexibility index (Phi) is 4.31. The van der Waals surface area contributed by atoms with E-state index in [1.54, 1.807) is 6.20 Å². The lowest BCUT2D eigenvalue weighted by atomic mass is 10.1. The second kappa shape index (κ2) is 6.35. The van der Waals surface area contributed by atoms with Crippen LogP contribution in [0.2, 0.25) is 5.15 Å².